The molecule has 3 N–H and O–H groups in total. The number of hydrogen-bond donors (Lipinski definition) is 3. The van der Waals surface area contributed by atoms with E-state index in [-0.39, 0.29) is 18.9 Å². The normalized spacial score (nSPS) is 50.6. The van der Waals surface area contributed by atoms with Crippen molar-refractivity contribution in [1.29, 1.82) is 0 Å². The van der Waals surface area contributed by atoms with E-state index in [9.17, 15) is 34.5 Å². The van der Waals surface area contributed by atoms with Gasteiger partial charge in [0, 0.05) is 36.5 Å². The molecule has 6 fully saturated rings. The van der Waals surface area contributed by atoms with Gasteiger partial charge < -0.3 is 43.4 Å². The molecule has 6 aliphatic rings. The maximum Gasteiger partial charge on any atom is 0.310 e. The smallest absolute Gasteiger partial charge is 0.310 e. The third kappa shape index (κ3) is 3.74. The van der Waals surface area contributed by atoms with Gasteiger partial charge in [-0.25, -0.2) is 0 Å². The Morgan fingerprint density at radius 3 is 2.33 bits per heavy atom. The van der Waals surface area contributed by atoms with E-state index in [1.54, 1.807) is 40.0 Å². The molecular formula is C35H46O13. The van der Waals surface area contributed by atoms with E-state index in [4.69, 9.17) is 28.1 Å². The summed E-state index contributed by atoms with van der Waals surface area (Å²) in [5.74, 6) is -5.48. The van der Waals surface area contributed by atoms with E-state index >= 15 is 0 Å². The summed E-state index contributed by atoms with van der Waals surface area (Å²) in [6, 6.07) is 1.79. The molecule has 2 saturated heterocycles. The average Bonchev–Trinajstić information content (AvgIpc) is 3.39. The number of rotatable bonds is 6. The number of carbonyl (C=O) groups excluding carboxylic acids is 4. The lowest BCUT2D eigenvalue weighted by Gasteiger charge is -2.74. The summed E-state index contributed by atoms with van der Waals surface area (Å²) in [7, 11) is 0. The molecule has 13 heteroatoms. The molecule has 0 amide bonds. The number of Topliss-reactive ketones (excluding diaryl/α,β-unsaturated/α-hetero) is 1. The molecule has 2 aliphatic heterocycles. The predicted molar refractivity (Wildman–Crippen MR) is 161 cm³/mol. The maximum atomic E-state index is 14.8. The molecule has 3 heterocycles. The first-order valence-electron chi connectivity index (χ1n) is 16.9. The molecule has 1 aromatic heterocycles. The number of carbonyl (C=O) groups is 4. The first-order chi connectivity index (χ1) is 22.5. The number of ketones is 1. The second-order valence-electron chi connectivity index (χ2n) is 15.7. The SMILES string of the molecule is CC[C@@H](C)C(=O)O[C@@H]1OC[C@@]23C4[C@@H](O)C(=O)[C@@]5(C)[C@H](c6ccoc6)C[C@H]6O[C@]65[C@]4(C)[C@H](O)C[C@H]2[C@]1(C)[C@H](OC(C)=O)[C@H](OC(C)=O)[C@@H]3O. The summed E-state index contributed by atoms with van der Waals surface area (Å²) in [5.41, 5.74) is -6.10. The van der Waals surface area contributed by atoms with Gasteiger partial charge in [-0.15, -0.1) is 0 Å². The summed E-state index contributed by atoms with van der Waals surface area (Å²) in [5, 5.41) is 37.4. The molecule has 4 aliphatic carbocycles. The first-order valence-corrected chi connectivity index (χ1v) is 16.9. The molecule has 4 saturated carbocycles. The van der Waals surface area contributed by atoms with E-state index in [0.717, 1.165) is 12.5 Å². The van der Waals surface area contributed by atoms with Gasteiger partial charge >= 0.3 is 17.9 Å². The van der Waals surface area contributed by atoms with Gasteiger partial charge in [0.05, 0.1) is 48.1 Å². The minimum atomic E-state index is -1.72. The Morgan fingerprint density at radius 2 is 1.73 bits per heavy atom. The van der Waals surface area contributed by atoms with Crippen LogP contribution in [0.4, 0.5) is 0 Å². The molecule has 264 valence electrons. The number of furan rings is 1. The van der Waals surface area contributed by atoms with Crippen molar-refractivity contribution in [3.05, 3.63) is 24.2 Å². The van der Waals surface area contributed by atoms with Crippen LogP contribution in [0.3, 0.4) is 0 Å². The number of aliphatic hydroxyl groups is 3. The van der Waals surface area contributed by atoms with Crippen LogP contribution in [0.1, 0.15) is 79.2 Å². The minimum absolute atomic E-state index is 0.0168. The van der Waals surface area contributed by atoms with Gasteiger partial charge in [0.15, 0.2) is 18.0 Å². The number of fused-ring (bicyclic) bond motifs is 1. The fourth-order valence-electron chi connectivity index (χ4n) is 11.6. The highest BCUT2D eigenvalue weighted by atomic mass is 16.7. The van der Waals surface area contributed by atoms with Crippen LogP contribution in [-0.2, 0) is 42.9 Å². The van der Waals surface area contributed by atoms with Crippen molar-refractivity contribution >= 4 is 23.7 Å². The van der Waals surface area contributed by atoms with Gasteiger partial charge in [-0.05, 0) is 50.7 Å². The van der Waals surface area contributed by atoms with Crippen molar-refractivity contribution in [2.24, 2.45) is 39.4 Å². The largest absolute Gasteiger partial charge is 0.472 e. The highest BCUT2D eigenvalue weighted by Crippen LogP contribution is 2.82. The molecule has 0 aromatic carbocycles. The zero-order valence-corrected chi connectivity index (χ0v) is 28.3. The monoisotopic (exact) mass is 674 g/mol. The third-order valence-electron chi connectivity index (χ3n) is 13.9. The molecule has 1 aromatic rings. The summed E-state index contributed by atoms with van der Waals surface area (Å²) in [4.78, 5) is 53.2. The predicted octanol–water partition coefficient (Wildman–Crippen LogP) is 2.03. The van der Waals surface area contributed by atoms with Crippen molar-refractivity contribution < 1.29 is 62.6 Å². The van der Waals surface area contributed by atoms with Crippen molar-refractivity contribution in [2.45, 2.75) is 122 Å². The summed E-state index contributed by atoms with van der Waals surface area (Å²) in [6.07, 6.45) is -5.20. The summed E-state index contributed by atoms with van der Waals surface area (Å²) < 4.78 is 35.9. The van der Waals surface area contributed by atoms with Crippen LogP contribution in [0.25, 0.3) is 0 Å². The van der Waals surface area contributed by atoms with Gasteiger partial charge in [0.2, 0.25) is 6.29 Å². The summed E-state index contributed by atoms with van der Waals surface area (Å²) in [6.45, 7) is 10.8. The molecule has 7 rings (SSSR count). The van der Waals surface area contributed by atoms with E-state index in [1.807, 2.05) is 6.92 Å². The fraction of sp³-hybridized carbons (Fsp3) is 0.771. The Kier molecular flexibility index (Phi) is 7.42. The van der Waals surface area contributed by atoms with E-state index in [1.165, 1.54) is 13.2 Å². The zero-order valence-electron chi connectivity index (χ0n) is 28.3. The third-order valence-corrected chi connectivity index (χ3v) is 13.9. The van der Waals surface area contributed by atoms with Crippen molar-refractivity contribution in [3.63, 3.8) is 0 Å². The zero-order chi connectivity index (χ0) is 34.9. The standard InChI is InChI=1S/C35H46O13/c1-8-15(2)29(42)47-30-31(5)20-12-21(38)33(7)25(34(20,14-44-30)27(41)24(45-16(3)36)28(31)46-17(4)37)23(39)26(40)32(6)19(18-9-10-43-13-18)11-22-35(32,33)48-22/h9-10,13,15,19-25,27-28,30,38-39,41H,8,11-12,14H2,1-7H3/t15-,19+,20+,21-,22-,23-,24-,25?,27+,28-,30+,31-,32-,33-,34+,35-/m1/s1. The van der Waals surface area contributed by atoms with Crippen LogP contribution in [-0.4, -0.2) is 94.1 Å². The summed E-state index contributed by atoms with van der Waals surface area (Å²) >= 11 is 0. The quantitative estimate of drug-likeness (QED) is 0.226. The number of hydrogen-bond acceptors (Lipinski definition) is 13. The van der Waals surface area contributed by atoms with Crippen LogP contribution >= 0.6 is 0 Å². The molecule has 2 bridgehead atoms. The topological polar surface area (TPSA) is 192 Å². The molecule has 16 atom stereocenters. The second-order valence-corrected chi connectivity index (χ2v) is 15.7. The number of aliphatic hydroxyl groups excluding tert-OH is 3. The Labute approximate surface area is 278 Å². The maximum absolute atomic E-state index is 14.8. The van der Waals surface area contributed by atoms with Gasteiger partial charge in [-0.3, -0.25) is 19.2 Å². The molecule has 1 spiro atoms. The van der Waals surface area contributed by atoms with Gasteiger partial charge in [0.25, 0.3) is 0 Å². The van der Waals surface area contributed by atoms with Crippen LogP contribution < -0.4 is 0 Å². The van der Waals surface area contributed by atoms with Crippen LogP contribution in [0.5, 0.6) is 0 Å². The van der Waals surface area contributed by atoms with Crippen molar-refractivity contribution in [1.82, 2.24) is 0 Å². The van der Waals surface area contributed by atoms with E-state index < -0.39 is 112 Å². The Bertz CT molecular complexity index is 1530. The van der Waals surface area contributed by atoms with Crippen molar-refractivity contribution in [3.8, 4) is 0 Å². The van der Waals surface area contributed by atoms with Gasteiger partial charge in [0.1, 0.15) is 17.8 Å². The molecular weight excluding hydrogens is 628 g/mol. The fourth-order valence-corrected chi connectivity index (χ4v) is 11.6. The lowest BCUT2D eigenvalue weighted by atomic mass is 9.33. The van der Waals surface area contributed by atoms with E-state index in [2.05, 4.69) is 0 Å². The minimum Gasteiger partial charge on any atom is -0.472 e. The van der Waals surface area contributed by atoms with Gasteiger partial charge in [-0.1, -0.05) is 20.8 Å². The Balaban J connectivity index is 1.42. The van der Waals surface area contributed by atoms with Crippen molar-refractivity contribution in [2.75, 3.05) is 6.61 Å². The van der Waals surface area contributed by atoms with Crippen LogP contribution in [0.15, 0.2) is 23.0 Å². The highest BCUT2D eigenvalue weighted by Gasteiger charge is 2.92. The number of esters is 3. The van der Waals surface area contributed by atoms with Crippen LogP contribution in [0, 0.1) is 39.4 Å². The second kappa shape index (κ2) is 10.6. The lowest BCUT2D eigenvalue weighted by molar-refractivity contribution is -0.399. The Morgan fingerprint density at radius 1 is 1.04 bits per heavy atom. The van der Waals surface area contributed by atoms with E-state index in [0.29, 0.717) is 12.8 Å². The highest BCUT2D eigenvalue weighted by molar-refractivity contribution is 5.94. The molecule has 48 heavy (non-hydrogen) atoms. The number of epoxide rings is 1. The lowest BCUT2D eigenvalue weighted by Crippen LogP contribution is -2.84. The average molecular weight is 675 g/mol. The first kappa shape index (κ1) is 33.6. The van der Waals surface area contributed by atoms with Crippen LogP contribution in [0.2, 0.25) is 0 Å². The molecule has 1 unspecified atom stereocenters. The van der Waals surface area contributed by atoms with Gasteiger partial charge in [-0.2, -0.15) is 0 Å². The number of ether oxygens (including phenoxy) is 5. The molecule has 0 radical (unpaired) electrons. The molecule has 13 nitrogen and oxygen atoms in total. The Hall–Kier alpha value is -2.84.